The van der Waals surface area contributed by atoms with Gasteiger partial charge in [0.05, 0.1) is 5.92 Å². The van der Waals surface area contributed by atoms with Crippen LogP contribution in [0.15, 0.2) is 24.3 Å². The molecule has 104 valence electrons. The number of hydrogen-bond acceptors (Lipinski definition) is 2. The molecule has 5 heteroatoms. The van der Waals surface area contributed by atoms with Crippen LogP contribution in [0, 0.1) is 21.3 Å². The highest BCUT2D eigenvalue weighted by Gasteiger charge is 2.48. The second-order valence-electron chi connectivity index (χ2n) is 5.43. The molecule has 2 fully saturated rings. The maximum absolute atomic E-state index is 12.3. The van der Waals surface area contributed by atoms with E-state index < -0.39 is 0 Å². The molecule has 2 aliphatic carbocycles. The largest absolute Gasteiger partial charge is 0.327 e. The zero-order chi connectivity index (χ0) is 12.7. The van der Waals surface area contributed by atoms with E-state index in [2.05, 4.69) is 27.9 Å². The molecule has 4 unspecified atom stereocenters. The maximum Gasteiger partial charge on any atom is 0.229 e. The van der Waals surface area contributed by atoms with E-state index in [0.717, 1.165) is 12.1 Å². The summed E-state index contributed by atoms with van der Waals surface area (Å²) in [6.45, 7) is 0. The molecule has 1 aromatic carbocycles. The van der Waals surface area contributed by atoms with Crippen molar-refractivity contribution in [1.82, 2.24) is 0 Å². The summed E-state index contributed by atoms with van der Waals surface area (Å²) in [5, 5.41) is 3.00. The standard InChI is InChI=1S/C14H17IN2O.ClH/c15-10-3-5-11(6-4-10)17-14(18)12-8-1-2-9(7-8)13(12)16;/h3-6,8-9,12-13H,1-2,7,16H2,(H,17,18);1H. The highest BCUT2D eigenvalue weighted by Crippen LogP contribution is 2.47. The van der Waals surface area contributed by atoms with Crippen LogP contribution in [0.25, 0.3) is 0 Å². The van der Waals surface area contributed by atoms with Crippen LogP contribution in [-0.2, 0) is 4.79 Å². The lowest BCUT2D eigenvalue weighted by molar-refractivity contribution is -0.121. The molecule has 1 amide bonds. The van der Waals surface area contributed by atoms with Crippen molar-refractivity contribution in [2.24, 2.45) is 23.5 Å². The Bertz CT molecular complexity index is 463. The van der Waals surface area contributed by atoms with Gasteiger partial charge in [0.15, 0.2) is 0 Å². The Morgan fingerprint density at radius 1 is 1.21 bits per heavy atom. The van der Waals surface area contributed by atoms with Gasteiger partial charge >= 0.3 is 0 Å². The molecule has 3 N–H and O–H groups in total. The van der Waals surface area contributed by atoms with Crippen molar-refractivity contribution >= 4 is 46.6 Å². The minimum atomic E-state index is 0. The molecule has 0 aromatic heterocycles. The first-order valence-electron chi connectivity index (χ1n) is 6.47. The van der Waals surface area contributed by atoms with Crippen molar-refractivity contribution in [1.29, 1.82) is 0 Å². The summed E-state index contributed by atoms with van der Waals surface area (Å²) < 4.78 is 1.17. The minimum absolute atomic E-state index is 0. The molecule has 2 aliphatic rings. The van der Waals surface area contributed by atoms with Gasteiger partial charge in [-0.15, -0.1) is 12.4 Å². The lowest BCUT2D eigenvalue weighted by atomic mass is 9.84. The summed E-state index contributed by atoms with van der Waals surface area (Å²) in [5.41, 5.74) is 7.05. The predicted molar refractivity (Wildman–Crippen MR) is 87.3 cm³/mol. The van der Waals surface area contributed by atoms with Gasteiger partial charge in [-0.05, 0) is 78.0 Å². The van der Waals surface area contributed by atoms with Gasteiger partial charge in [0.25, 0.3) is 0 Å². The fourth-order valence-electron chi connectivity index (χ4n) is 3.48. The van der Waals surface area contributed by atoms with Crippen LogP contribution in [-0.4, -0.2) is 11.9 Å². The van der Waals surface area contributed by atoms with Gasteiger partial charge in [-0.1, -0.05) is 0 Å². The second kappa shape index (κ2) is 5.97. The van der Waals surface area contributed by atoms with Crippen molar-refractivity contribution < 1.29 is 4.79 Å². The molecule has 0 aliphatic heterocycles. The average molecular weight is 393 g/mol. The monoisotopic (exact) mass is 392 g/mol. The smallest absolute Gasteiger partial charge is 0.229 e. The van der Waals surface area contributed by atoms with Crippen molar-refractivity contribution in [3.05, 3.63) is 27.8 Å². The Hall–Kier alpha value is -0.330. The van der Waals surface area contributed by atoms with E-state index in [0.29, 0.717) is 11.8 Å². The van der Waals surface area contributed by atoms with Crippen LogP contribution in [0.1, 0.15) is 19.3 Å². The van der Waals surface area contributed by atoms with Gasteiger partial charge in [0, 0.05) is 15.3 Å². The number of anilines is 1. The maximum atomic E-state index is 12.3. The third-order valence-electron chi connectivity index (χ3n) is 4.40. The van der Waals surface area contributed by atoms with Crippen LogP contribution in [0.2, 0.25) is 0 Å². The fraction of sp³-hybridized carbons (Fsp3) is 0.500. The van der Waals surface area contributed by atoms with Crippen LogP contribution >= 0.6 is 35.0 Å². The zero-order valence-electron chi connectivity index (χ0n) is 10.5. The molecule has 19 heavy (non-hydrogen) atoms. The van der Waals surface area contributed by atoms with E-state index in [1.54, 1.807) is 0 Å². The first-order valence-corrected chi connectivity index (χ1v) is 7.55. The van der Waals surface area contributed by atoms with Gasteiger partial charge in [-0.3, -0.25) is 4.79 Å². The number of carbonyl (C=O) groups is 1. The molecule has 4 atom stereocenters. The third-order valence-corrected chi connectivity index (χ3v) is 5.11. The van der Waals surface area contributed by atoms with E-state index in [1.165, 1.54) is 16.4 Å². The Morgan fingerprint density at radius 2 is 1.84 bits per heavy atom. The van der Waals surface area contributed by atoms with Gasteiger partial charge < -0.3 is 11.1 Å². The summed E-state index contributed by atoms with van der Waals surface area (Å²) in [4.78, 5) is 12.3. The Morgan fingerprint density at radius 3 is 2.42 bits per heavy atom. The van der Waals surface area contributed by atoms with Crippen LogP contribution in [0.4, 0.5) is 5.69 Å². The highest BCUT2D eigenvalue weighted by atomic mass is 127. The minimum Gasteiger partial charge on any atom is -0.327 e. The molecule has 0 saturated heterocycles. The van der Waals surface area contributed by atoms with E-state index in [4.69, 9.17) is 5.73 Å². The normalized spacial score (nSPS) is 31.9. The number of carbonyl (C=O) groups excluding carboxylic acids is 1. The number of nitrogens with two attached hydrogens (primary N) is 1. The average Bonchev–Trinajstić information content (AvgIpc) is 2.92. The summed E-state index contributed by atoms with van der Waals surface area (Å²) >= 11 is 2.25. The fourth-order valence-corrected chi connectivity index (χ4v) is 3.84. The molecule has 1 aromatic rings. The van der Waals surface area contributed by atoms with Crippen LogP contribution in [0.5, 0.6) is 0 Å². The van der Waals surface area contributed by atoms with E-state index in [1.807, 2.05) is 24.3 Å². The zero-order valence-corrected chi connectivity index (χ0v) is 13.5. The first-order chi connectivity index (χ1) is 8.65. The summed E-state index contributed by atoms with van der Waals surface area (Å²) in [5.74, 6) is 1.20. The Kier molecular flexibility index (Phi) is 4.74. The summed E-state index contributed by atoms with van der Waals surface area (Å²) in [7, 11) is 0. The van der Waals surface area contributed by atoms with E-state index >= 15 is 0 Å². The van der Waals surface area contributed by atoms with E-state index in [9.17, 15) is 4.79 Å². The first kappa shape index (κ1) is 15.1. The number of nitrogens with one attached hydrogen (secondary N) is 1. The molecular weight excluding hydrogens is 375 g/mol. The SMILES string of the molecule is Cl.NC1C2CCC(C2)C1C(=O)Nc1ccc(I)cc1. The van der Waals surface area contributed by atoms with Crippen molar-refractivity contribution in [2.75, 3.05) is 5.32 Å². The molecule has 2 saturated carbocycles. The lowest BCUT2D eigenvalue weighted by Crippen LogP contribution is -2.42. The molecule has 3 rings (SSSR count). The van der Waals surface area contributed by atoms with E-state index in [-0.39, 0.29) is 30.3 Å². The number of fused-ring (bicyclic) bond motifs is 2. The van der Waals surface area contributed by atoms with Crippen LogP contribution < -0.4 is 11.1 Å². The molecule has 2 bridgehead atoms. The number of amides is 1. The van der Waals surface area contributed by atoms with Gasteiger partial charge in [-0.2, -0.15) is 0 Å². The molecule has 3 nitrogen and oxygen atoms in total. The second-order valence-corrected chi connectivity index (χ2v) is 6.68. The van der Waals surface area contributed by atoms with Gasteiger partial charge in [0.1, 0.15) is 0 Å². The number of rotatable bonds is 2. The Balaban J connectivity index is 0.00000133. The molecular formula is C14H18ClIN2O. The quantitative estimate of drug-likeness (QED) is 0.760. The Labute approximate surface area is 133 Å². The van der Waals surface area contributed by atoms with Crippen molar-refractivity contribution in [2.45, 2.75) is 25.3 Å². The van der Waals surface area contributed by atoms with Crippen molar-refractivity contribution in [3.63, 3.8) is 0 Å². The molecule has 0 radical (unpaired) electrons. The van der Waals surface area contributed by atoms with Gasteiger partial charge in [0.2, 0.25) is 5.91 Å². The lowest BCUT2D eigenvalue weighted by Gasteiger charge is -2.27. The highest BCUT2D eigenvalue weighted by molar-refractivity contribution is 14.1. The van der Waals surface area contributed by atoms with Crippen molar-refractivity contribution in [3.8, 4) is 0 Å². The summed E-state index contributed by atoms with van der Waals surface area (Å²) in [6, 6.07) is 7.94. The summed E-state index contributed by atoms with van der Waals surface area (Å²) in [6.07, 6.45) is 3.52. The predicted octanol–water partition coefficient (Wildman–Crippen LogP) is 3.02. The third kappa shape index (κ3) is 2.90. The topological polar surface area (TPSA) is 55.1 Å². The number of halogens is 2. The number of hydrogen-bond donors (Lipinski definition) is 2. The molecule has 0 heterocycles. The molecule has 0 spiro atoms. The van der Waals surface area contributed by atoms with Gasteiger partial charge in [-0.25, -0.2) is 0 Å². The van der Waals surface area contributed by atoms with Crippen LogP contribution in [0.3, 0.4) is 0 Å². The number of benzene rings is 1.